The molecule has 3 aromatic carbocycles. The molecule has 5 rings (SSSR count). The lowest BCUT2D eigenvalue weighted by Crippen LogP contribution is -2.35. The summed E-state index contributed by atoms with van der Waals surface area (Å²) in [6, 6.07) is 17.5. The van der Waals surface area contributed by atoms with Gasteiger partial charge in [0.2, 0.25) is 0 Å². The molecule has 4 aromatic rings. The lowest BCUT2D eigenvalue weighted by atomic mass is 10.0. The number of benzene rings is 3. The summed E-state index contributed by atoms with van der Waals surface area (Å²) in [5.41, 5.74) is 1.95. The van der Waals surface area contributed by atoms with Gasteiger partial charge in [-0.2, -0.15) is 13.2 Å². The van der Waals surface area contributed by atoms with Crippen molar-refractivity contribution in [2.75, 3.05) is 7.11 Å². The lowest BCUT2D eigenvalue weighted by molar-refractivity contribution is -0.137. The van der Waals surface area contributed by atoms with E-state index >= 15 is 0 Å². The number of fused-ring (bicyclic) bond motifs is 1. The molecule has 1 aliphatic carbocycles. The van der Waals surface area contributed by atoms with Gasteiger partial charge in [0.1, 0.15) is 0 Å². The number of nitrogens with one attached hydrogen (secondary N) is 1. The number of methoxy groups -OCH3 is 1. The van der Waals surface area contributed by atoms with Crippen molar-refractivity contribution in [3.05, 3.63) is 105 Å². The van der Waals surface area contributed by atoms with Gasteiger partial charge in [-0.1, -0.05) is 40.2 Å². The third-order valence-electron chi connectivity index (χ3n) is 6.71. The number of aromatic nitrogens is 1. The molecule has 1 amide bonds. The van der Waals surface area contributed by atoms with Gasteiger partial charge in [0.15, 0.2) is 0 Å². The van der Waals surface area contributed by atoms with E-state index in [1.165, 1.54) is 19.2 Å². The Morgan fingerprint density at radius 2 is 1.68 bits per heavy atom. The number of hydrogen-bond donors (Lipinski definition) is 1. The van der Waals surface area contributed by atoms with E-state index in [2.05, 4.69) is 21.2 Å². The van der Waals surface area contributed by atoms with Crippen molar-refractivity contribution in [1.82, 2.24) is 9.88 Å². The van der Waals surface area contributed by atoms with Gasteiger partial charge in [-0.15, -0.1) is 0 Å². The Hall–Kier alpha value is -3.59. The molecule has 0 saturated heterocycles. The maximum absolute atomic E-state index is 13.5. The fourth-order valence-corrected chi connectivity index (χ4v) is 4.99. The molecule has 1 saturated carbocycles. The van der Waals surface area contributed by atoms with E-state index in [-0.39, 0.29) is 5.91 Å². The predicted molar refractivity (Wildman–Crippen MR) is 136 cm³/mol. The third kappa shape index (κ3) is 4.87. The monoisotopic (exact) mass is 570 g/mol. The molecule has 0 bridgehead atoms. The van der Waals surface area contributed by atoms with E-state index in [1.54, 1.807) is 18.2 Å². The molecule has 190 valence electrons. The van der Waals surface area contributed by atoms with Crippen LogP contribution in [0.5, 0.6) is 0 Å². The van der Waals surface area contributed by atoms with Crippen LogP contribution in [0.1, 0.15) is 50.2 Å². The minimum absolute atomic E-state index is 0.251. The molecule has 5 nitrogen and oxygen atoms in total. The van der Waals surface area contributed by atoms with E-state index in [1.807, 2.05) is 35.0 Å². The summed E-state index contributed by atoms with van der Waals surface area (Å²) in [5.74, 6) is -0.675. The smallest absolute Gasteiger partial charge is 0.416 e. The zero-order valence-corrected chi connectivity index (χ0v) is 21.3. The number of carbonyl (C=O) groups is 2. The summed E-state index contributed by atoms with van der Waals surface area (Å²) in [6.07, 6.45) is -1.04. The highest BCUT2D eigenvalue weighted by molar-refractivity contribution is 9.10. The van der Waals surface area contributed by atoms with Crippen molar-refractivity contribution in [2.45, 2.75) is 31.1 Å². The van der Waals surface area contributed by atoms with Gasteiger partial charge in [0, 0.05) is 22.6 Å². The van der Waals surface area contributed by atoms with Crippen molar-refractivity contribution in [3.63, 3.8) is 0 Å². The Morgan fingerprint density at radius 3 is 2.27 bits per heavy atom. The number of esters is 1. The summed E-state index contributed by atoms with van der Waals surface area (Å²) >= 11 is 3.54. The molecule has 1 heterocycles. The zero-order valence-electron chi connectivity index (χ0n) is 19.7. The lowest BCUT2D eigenvalue weighted by Gasteiger charge is -2.19. The SMILES string of the molecule is COC(=O)c1ccc(C2(NC(=O)c3ccc(Br)c4ccn(Cc5ccc(C(F)(F)F)cc5)c34)CC2)cc1. The minimum atomic E-state index is -4.40. The Balaban J connectivity index is 1.43. The largest absolute Gasteiger partial charge is 0.465 e. The molecular weight excluding hydrogens is 549 g/mol. The summed E-state index contributed by atoms with van der Waals surface area (Å²) in [7, 11) is 1.32. The Kier molecular flexibility index (Phi) is 6.35. The Bertz CT molecular complexity index is 1490. The second-order valence-electron chi connectivity index (χ2n) is 9.10. The quantitative estimate of drug-likeness (QED) is 0.263. The van der Waals surface area contributed by atoms with Crippen LogP contribution in [0, 0.1) is 0 Å². The summed E-state index contributed by atoms with van der Waals surface area (Å²) < 4.78 is 46.3. The predicted octanol–water partition coefficient (Wildman–Crippen LogP) is 6.68. The van der Waals surface area contributed by atoms with Crippen LogP contribution < -0.4 is 5.32 Å². The highest BCUT2D eigenvalue weighted by atomic mass is 79.9. The fraction of sp³-hybridized carbons (Fsp3) is 0.214. The molecule has 0 spiro atoms. The average molecular weight is 571 g/mol. The molecular formula is C28H22BrF3N2O3. The number of carbonyl (C=O) groups excluding carboxylic acids is 2. The highest BCUT2D eigenvalue weighted by Gasteiger charge is 2.46. The molecule has 1 N–H and O–H groups in total. The zero-order chi connectivity index (χ0) is 26.4. The van der Waals surface area contributed by atoms with Gasteiger partial charge in [-0.3, -0.25) is 4.79 Å². The first-order valence-electron chi connectivity index (χ1n) is 11.6. The normalized spacial score (nSPS) is 14.4. The van der Waals surface area contributed by atoms with Crippen LogP contribution in [0.3, 0.4) is 0 Å². The van der Waals surface area contributed by atoms with Crippen molar-refractivity contribution in [1.29, 1.82) is 0 Å². The van der Waals surface area contributed by atoms with Crippen molar-refractivity contribution in [2.24, 2.45) is 0 Å². The Labute approximate surface area is 219 Å². The average Bonchev–Trinajstić information content (AvgIpc) is 3.54. The number of amides is 1. The number of rotatable bonds is 6. The number of alkyl halides is 3. The molecule has 0 aliphatic heterocycles. The van der Waals surface area contributed by atoms with Crippen LogP contribution in [0.4, 0.5) is 13.2 Å². The third-order valence-corrected chi connectivity index (χ3v) is 7.40. The van der Waals surface area contributed by atoms with E-state index in [0.717, 1.165) is 40.4 Å². The van der Waals surface area contributed by atoms with E-state index in [0.29, 0.717) is 28.8 Å². The number of nitrogens with zero attached hydrogens (tertiary/aromatic N) is 1. The molecule has 0 atom stereocenters. The summed E-state index contributed by atoms with van der Waals surface area (Å²) in [4.78, 5) is 25.3. The van der Waals surface area contributed by atoms with Crippen molar-refractivity contribution in [3.8, 4) is 0 Å². The van der Waals surface area contributed by atoms with Gasteiger partial charge >= 0.3 is 12.1 Å². The van der Waals surface area contributed by atoms with Crippen LogP contribution in [0.25, 0.3) is 10.9 Å². The molecule has 1 aromatic heterocycles. The van der Waals surface area contributed by atoms with Crippen LogP contribution >= 0.6 is 15.9 Å². The van der Waals surface area contributed by atoms with E-state index in [4.69, 9.17) is 4.74 Å². The van der Waals surface area contributed by atoms with Crippen LogP contribution in [-0.2, 0) is 23.0 Å². The van der Waals surface area contributed by atoms with Crippen LogP contribution in [-0.4, -0.2) is 23.6 Å². The maximum Gasteiger partial charge on any atom is 0.416 e. The minimum Gasteiger partial charge on any atom is -0.465 e. The number of ether oxygens (including phenoxy) is 1. The second-order valence-corrected chi connectivity index (χ2v) is 9.96. The fourth-order valence-electron chi connectivity index (χ4n) is 4.54. The van der Waals surface area contributed by atoms with Gasteiger partial charge in [0.05, 0.1) is 34.9 Å². The van der Waals surface area contributed by atoms with Gasteiger partial charge in [-0.05, 0) is 66.4 Å². The summed E-state index contributed by atoms with van der Waals surface area (Å²) in [6.45, 7) is 0.304. The molecule has 9 heteroatoms. The summed E-state index contributed by atoms with van der Waals surface area (Å²) in [5, 5.41) is 4.00. The second kappa shape index (κ2) is 9.37. The number of hydrogen-bond acceptors (Lipinski definition) is 3. The maximum atomic E-state index is 13.5. The van der Waals surface area contributed by atoms with E-state index in [9.17, 15) is 22.8 Å². The first-order valence-corrected chi connectivity index (χ1v) is 12.4. The van der Waals surface area contributed by atoms with E-state index < -0.39 is 23.2 Å². The molecule has 1 fully saturated rings. The van der Waals surface area contributed by atoms with Crippen molar-refractivity contribution < 1.29 is 27.5 Å². The van der Waals surface area contributed by atoms with Crippen LogP contribution in [0.2, 0.25) is 0 Å². The highest BCUT2D eigenvalue weighted by Crippen LogP contribution is 2.46. The first-order chi connectivity index (χ1) is 17.6. The molecule has 0 unspecified atom stereocenters. The van der Waals surface area contributed by atoms with Gasteiger partial charge in [-0.25, -0.2) is 4.79 Å². The van der Waals surface area contributed by atoms with Crippen LogP contribution in [0.15, 0.2) is 77.4 Å². The standard InChI is InChI=1S/C28H22BrF3N2O3/c1-37-26(36)18-4-8-19(9-5-18)27(13-14-27)33-25(35)22-10-11-23(29)21-12-15-34(24(21)22)16-17-2-6-20(7-3-17)28(30,31)32/h2-12,15H,13-14,16H2,1H3,(H,33,35). The first kappa shape index (κ1) is 25.1. The van der Waals surface area contributed by atoms with Crippen molar-refractivity contribution >= 4 is 38.7 Å². The molecule has 0 radical (unpaired) electrons. The number of halogens is 4. The van der Waals surface area contributed by atoms with Gasteiger partial charge < -0.3 is 14.6 Å². The molecule has 1 aliphatic rings. The van der Waals surface area contributed by atoms with Gasteiger partial charge in [0.25, 0.3) is 5.91 Å². The molecule has 37 heavy (non-hydrogen) atoms. The topological polar surface area (TPSA) is 60.3 Å². The Morgan fingerprint density at radius 1 is 1.00 bits per heavy atom.